The second kappa shape index (κ2) is 17.2. The van der Waals surface area contributed by atoms with Crippen molar-refractivity contribution in [2.75, 3.05) is 26.6 Å². The molecule has 52 heavy (non-hydrogen) atoms. The molecule has 0 aromatic heterocycles. The largest absolute Gasteiger partial charge is 0.493 e. The highest BCUT2D eigenvalue weighted by molar-refractivity contribution is 6.05. The summed E-state index contributed by atoms with van der Waals surface area (Å²) in [7, 11) is 4.25. The first-order chi connectivity index (χ1) is 24.8. The third kappa shape index (κ3) is 9.41. The van der Waals surface area contributed by atoms with Gasteiger partial charge in [-0.2, -0.15) is 0 Å². The molecule has 0 aliphatic heterocycles. The van der Waals surface area contributed by atoms with Crippen molar-refractivity contribution in [2.45, 2.75) is 26.1 Å². The van der Waals surface area contributed by atoms with Gasteiger partial charge >= 0.3 is 17.9 Å². The van der Waals surface area contributed by atoms with Crippen LogP contribution in [-0.4, -0.2) is 74.3 Å². The lowest BCUT2D eigenvalue weighted by Gasteiger charge is -2.23. The fourth-order valence-electron chi connectivity index (χ4n) is 4.79. The van der Waals surface area contributed by atoms with Crippen LogP contribution in [0.25, 0.3) is 0 Å². The van der Waals surface area contributed by atoms with Crippen LogP contribution in [-0.2, 0) is 19.1 Å². The van der Waals surface area contributed by atoms with Gasteiger partial charge in [0.1, 0.15) is 0 Å². The molecule has 2 atom stereocenters. The molecule has 3 amide bonds. The Bertz CT molecular complexity index is 1970. The summed E-state index contributed by atoms with van der Waals surface area (Å²) in [5.41, 5.74) is 6.01. The van der Waals surface area contributed by atoms with Gasteiger partial charge in [-0.15, -0.1) is 0 Å². The van der Waals surface area contributed by atoms with Crippen LogP contribution in [0.2, 0.25) is 0 Å². The number of benzene rings is 4. The van der Waals surface area contributed by atoms with E-state index in [1.54, 1.807) is 38.1 Å². The van der Waals surface area contributed by atoms with Crippen molar-refractivity contribution in [3.63, 3.8) is 0 Å². The van der Waals surface area contributed by atoms with E-state index < -0.39 is 47.8 Å². The van der Waals surface area contributed by atoms with Gasteiger partial charge in [-0.1, -0.05) is 35.4 Å². The number of methoxy groups -OCH3 is 3. The summed E-state index contributed by atoms with van der Waals surface area (Å²) in [5, 5.41) is 12.7. The summed E-state index contributed by atoms with van der Waals surface area (Å²) in [4.78, 5) is 77.5. The minimum Gasteiger partial charge on any atom is -0.493 e. The molecule has 0 bridgehead atoms. The van der Waals surface area contributed by atoms with E-state index in [2.05, 4.69) is 10.7 Å². The predicted molar refractivity (Wildman–Crippen MR) is 185 cm³/mol. The molecule has 0 fully saturated rings. The Kier molecular flexibility index (Phi) is 12.5. The lowest BCUT2D eigenvalue weighted by Crippen LogP contribution is -2.54. The average molecular weight is 714 g/mol. The Morgan fingerprint density at radius 2 is 1.10 bits per heavy atom. The average Bonchev–Trinajstić information content (AvgIpc) is 3.14. The van der Waals surface area contributed by atoms with Gasteiger partial charge in [-0.3, -0.25) is 25.2 Å². The van der Waals surface area contributed by atoms with Crippen LogP contribution in [0.1, 0.15) is 52.6 Å². The van der Waals surface area contributed by atoms with E-state index in [0.717, 1.165) is 0 Å². The van der Waals surface area contributed by atoms with Gasteiger partial charge in [-0.25, -0.2) is 14.4 Å². The van der Waals surface area contributed by atoms with Crippen LogP contribution in [0.5, 0.6) is 17.2 Å². The van der Waals surface area contributed by atoms with E-state index in [4.69, 9.17) is 23.7 Å². The maximum atomic E-state index is 13.3. The van der Waals surface area contributed by atoms with E-state index in [-0.39, 0.29) is 33.8 Å². The number of hydrogen-bond acceptors (Lipinski definition) is 11. The molecule has 0 saturated heterocycles. The summed E-state index contributed by atoms with van der Waals surface area (Å²) in [6, 6.07) is 20.6. The third-order valence-corrected chi connectivity index (χ3v) is 7.38. The zero-order valence-electron chi connectivity index (χ0n) is 28.7. The van der Waals surface area contributed by atoms with Crippen LogP contribution in [0, 0.1) is 13.8 Å². The maximum absolute atomic E-state index is 13.3. The SMILES string of the molecule is COc1cc(C(=O)Nc2ccc(C(=O)NNC(=O)[C@@H](OC(=O)c3cccc(C)c3)[C@H](OC(=O)c3cccc(C)c3)C(=O)O)cc2)cc(OC)c1OC. The second-order valence-corrected chi connectivity index (χ2v) is 11.1. The molecule has 4 rings (SSSR count). The van der Waals surface area contributed by atoms with Crippen LogP contribution < -0.4 is 30.4 Å². The van der Waals surface area contributed by atoms with Crippen LogP contribution in [0.4, 0.5) is 5.69 Å². The van der Waals surface area contributed by atoms with Gasteiger partial charge in [-0.05, 0) is 74.5 Å². The van der Waals surface area contributed by atoms with Crippen molar-refractivity contribution in [3.05, 3.63) is 118 Å². The Morgan fingerprint density at radius 3 is 1.56 bits per heavy atom. The highest BCUT2D eigenvalue weighted by Crippen LogP contribution is 2.38. The van der Waals surface area contributed by atoms with Gasteiger partial charge in [0.2, 0.25) is 18.0 Å². The molecule has 0 aliphatic carbocycles. The molecule has 270 valence electrons. The van der Waals surface area contributed by atoms with Gasteiger partial charge < -0.3 is 34.1 Å². The molecule has 4 N–H and O–H groups in total. The first kappa shape index (κ1) is 37.9. The van der Waals surface area contributed by atoms with Crippen molar-refractivity contribution in [2.24, 2.45) is 0 Å². The van der Waals surface area contributed by atoms with E-state index >= 15 is 0 Å². The van der Waals surface area contributed by atoms with E-state index in [1.807, 2.05) is 5.43 Å². The lowest BCUT2D eigenvalue weighted by molar-refractivity contribution is -0.159. The summed E-state index contributed by atoms with van der Waals surface area (Å²) >= 11 is 0. The maximum Gasteiger partial charge on any atom is 0.349 e. The standard InChI is InChI=1S/C37H35N3O12/c1-20-8-6-10-23(16-20)36(46)51-30(31(35(44)45)52-37(47)24-11-7-9-21(2)17-24)34(43)40-39-33(42)22-12-14-26(15-13-22)38-32(41)25-18-27(48-3)29(50-5)28(19-25)49-4/h6-19,30-31H,1-5H3,(H,38,41)(H,39,42)(H,40,43)(H,44,45)/t30-,31-/m0/s1. The number of aryl methyl sites for hydroxylation is 2. The number of esters is 2. The number of hydrazine groups is 1. The summed E-state index contributed by atoms with van der Waals surface area (Å²) in [6.07, 6.45) is -4.56. The zero-order valence-corrected chi connectivity index (χ0v) is 28.7. The quantitative estimate of drug-likeness (QED) is 0.115. The molecule has 15 heteroatoms. The molecule has 15 nitrogen and oxygen atoms in total. The highest BCUT2D eigenvalue weighted by atomic mass is 16.6. The minimum absolute atomic E-state index is 0.00608. The van der Waals surface area contributed by atoms with Crippen molar-refractivity contribution in [3.8, 4) is 17.2 Å². The summed E-state index contributed by atoms with van der Waals surface area (Å²) in [5.74, 6) is -5.82. The van der Waals surface area contributed by atoms with Crippen LogP contribution >= 0.6 is 0 Å². The zero-order chi connectivity index (χ0) is 37.9. The third-order valence-electron chi connectivity index (χ3n) is 7.38. The number of carbonyl (C=O) groups excluding carboxylic acids is 5. The second-order valence-electron chi connectivity index (χ2n) is 11.1. The molecular formula is C37H35N3O12. The number of carboxylic acids is 1. The summed E-state index contributed by atoms with van der Waals surface area (Å²) < 4.78 is 26.3. The number of carboxylic acid groups (broad SMARTS) is 1. The number of amides is 3. The molecule has 0 unspecified atom stereocenters. The van der Waals surface area contributed by atoms with Gasteiger partial charge in [0.15, 0.2) is 11.5 Å². The fourth-order valence-corrected chi connectivity index (χ4v) is 4.79. The normalized spacial score (nSPS) is 11.6. The summed E-state index contributed by atoms with van der Waals surface area (Å²) in [6.45, 7) is 3.41. The van der Waals surface area contributed by atoms with E-state index in [0.29, 0.717) is 22.6 Å². The fraction of sp³-hybridized carbons (Fsp3) is 0.189. The number of nitrogens with one attached hydrogen (secondary N) is 3. The molecule has 0 saturated carbocycles. The number of hydrogen-bond donors (Lipinski definition) is 4. The monoisotopic (exact) mass is 713 g/mol. The number of rotatable bonds is 13. The number of ether oxygens (including phenoxy) is 5. The van der Waals surface area contributed by atoms with Gasteiger partial charge in [0.25, 0.3) is 17.7 Å². The smallest absolute Gasteiger partial charge is 0.349 e. The predicted octanol–water partition coefficient (Wildman–Crippen LogP) is 3.88. The van der Waals surface area contributed by atoms with E-state index in [1.165, 1.54) is 82.0 Å². The molecule has 0 spiro atoms. The highest BCUT2D eigenvalue weighted by Gasteiger charge is 2.41. The Labute approximate surface area is 297 Å². The van der Waals surface area contributed by atoms with Crippen LogP contribution in [0.15, 0.2) is 84.9 Å². The first-order valence-electron chi connectivity index (χ1n) is 15.4. The first-order valence-corrected chi connectivity index (χ1v) is 15.4. The molecule has 0 aliphatic rings. The Balaban J connectivity index is 1.48. The van der Waals surface area contributed by atoms with Gasteiger partial charge in [0.05, 0.1) is 32.5 Å². The molecule has 4 aromatic carbocycles. The minimum atomic E-state index is -2.31. The molecule has 0 radical (unpaired) electrons. The molecular weight excluding hydrogens is 678 g/mol. The van der Waals surface area contributed by atoms with Crippen molar-refractivity contribution >= 4 is 41.3 Å². The molecule has 4 aromatic rings. The Hall–Kier alpha value is -6.90. The number of anilines is 1. The molecule has 0 heterocycles. The topological polar surface area (TPSA) is 205 Å². The van der Waals surface area contributed by atoms with Crippen molar-refractivity contribution in [1.29, 1.82) is 0 Å². The van der Waals surface area contributed by atoms with E-state index in [9.17, 15) is 33.9 Å². The van der Waals surface area contributed by atoms with Gasteiger partial charge in [0, 0.05) is 16.8 Å². The Morgan fingerprint density at radius 1 is 0.577 bits per heavy atom. The lowest BCUT2D eigenvalue weighted by atomic mass is 10.1. The number of aliphatic carboxylic acids is 1. The van der Waals surface area contributed by atoms with Crippen LogP contribution in [0.3, 0.4) is 0 Å². The van der Waals surface area contributed by atoms with Crippen molar-refractivity contribution < 1.29 is 57.6 Å². The number of carbonyl (C=O) groups is 6. The van der Waals surface area contributed by atoms with Crippen molar-refractivity contribution in [1.82, 2.24) is 10.9 Å².